The molecular weight excluding hydrogens is 382 g/mol. The van der Waals surface area contributed by atoms with Crippen molar-refractivity contribution < 1.29 is 9.53 Å². The van der Waals surface area contributed by atoms with Crippen molar-refractivity contribution >= 4 is 22.9 Å². The van der Waals surface area contributed by atoms with Gasteiger partial charge >= 0.3 is 6.09 Å². The van der Waals surface area contributed by atoms with Gasteiger partial charge in [0.1, 0.15) is 22.5 Å². The van der Waals surface area contributed by atoms with Crippen molar-refractivity contribution in [1.29, 1.82) is 0 Å². The fourth-order valence-electron chi connectivity index (χ4n) is 3.11. The molecule has 0 unspecified atom stereocenters. The Bertz CT molecular complexity index is 1250. The van der Waals surface area contributed by atoms with Gasteiger partial charge in [0.05, 0.1) is 6.33 Å². The smallest absolute Gasteiger partial charge is 0.413 e. The number of hydrogen-bond acceptors (Lipinski definition) is 5. The van der Waals surface area contributed by atoms with Crippen molar-refractivity contribution in [3.63, 3.8) is 0 Å². The molecule has 8 nitrogen and oxygen atoms in total. The van der Waals surface area contributed by atoms with Gasteiger partial charge in [0.25, 0.3) is 5.56 Å². The van der Waals surface area contributed by atoms with Gasteiger partial charge in [-0.15, -0.1) is 0 Å². The number of amides is 1. The number of para-hydroxylation sites is 1. The molecule has 0 radical (unpaired) electrons. The van der Waals surface area contributed by atoms with Crippen molar-refractivity contribution in [2.24, 2.45) is 0 Å². The maximum atomic E-state index is 12.5. The van der Waals surface area contributed by atoms with Gasteiger partial charge in [-0.05, 0) is 45.0 Å². The highest BCUT2D eigenvalue weighted by atomic mass is 16.6. The maximum Gasteiger partial charge on any atom is 0.413 e. The molecular formula is C22H21N5O3. The van der Waals surface area contributed by atoms with E-state index in [-0.39, 0.29) is 5.56 Å². The molecule has 3 heterocycles. The number of ether oxygens (including phenoxy) is 1. The zero-order valence-electron chi connectivity index (χ0n) is 16.8. The Hall–Kier alpha value is -3.94. The van der Waals surface area contributed by atoms with Gasteiger partial charge in [-0.1, -0.05) is 18.2 Å². The Labute approximate surface area is 172 Å². The van der Waals surface area contributed by atoms with E-state index in [0.717, 1.165) is 16.8 Å². The quantitative estimate of drug-likeness (QED) is 0.536. The van der Waals surface area contributed by atoms with Crippen molar-refractivity contribution in [2.45, 2.75) is 26.4 Å². The first-order chi connectivity index (χ1) is 14.3. The lowest BCUT2D eigenvalue weighted by atomic mass is 10.1. The van der Waals surface area contributed by atoms with Crippen molar-refractivity contribution in [3.8, 4) is 16.8 Å². The molecule has 2 N–H and O–H groups in total. The Morgan fingerprint density at radius 1 is 1.10 bits per heavy atom. The number of hydrogen-bond donors (Lipinski definition) is 2. The number of benzene rings is 1. The summed E-state index contributed by atoms with van der Waals surface area (Å²) in [7, 11) is 0. The molecule has 3 aromatic heterocycles. The highest BCUT2D eigenvalue weighted by Gasteiger charge is 2.18. The maximum absolute atomic E-state index is 12.5. The molecule has 8 heteroatoms. The Morgan fingerprint density at radius 3 is 2.53 bits per heavy atom. The van der Waals surface area contributed by atoms with E-state index < -0.39 is 11.7 Å². The minimum atomic E-state index is -0.595. The SMILES string of the molecule is CC(C)(C)OC(=O)Nc1ccc(-c2cn(-c3ccccc3)c3c(=O)[nH]cnc23)cn1. The summed E-state index contributed by atoms with van der Waals surface area (Å²) in [5.74, 6) is 0.366. The predicted octanol–water partition coefficient (Wildman–Crippen LogP) is 4.12. The Balaban J connectivity index is 1.71. The van der Waals surface area contributed by atoms with E-state index >= 15 is 0 Å². The van der Waals surface area contributed by atoms with E-state index in [0.29, 0.717) is 16.9 Å². The number of aromatic nitrogens is 4. The number of fused-ring (bicyclic) bond motifs is 1. The molecule has 4 aromatic rings. The van der Waals surface area contributed by atoms with Crippen LogP contribution in [0.2, 0.25) is 0 Å². The number of anilines is 1. The lowest BCUT2D eigenvalue weighted by molar-refractivity contribution is 0.0635. The van der Waals surface area contributed by atoms with Crippen LogP contribution in [0.5, 0.6) is 0 Å². The molecule has 0 bridgehead atoms. The average Bonchev–Trinajstić information content (AvgIpc) is 3.09. The Morgan fingerprint density at radius 2 is 1.87 bits per heavy atom. The summed E-state index contributed by atoms with van der Waals surface area (Å²) in [6, 6.07) is 13.1. The lowest BCUT2D eigenvalue weighted by Crippen LogP contribution is -2.27. The molecule has 0 saturated heterocycles. The number of carbonyl (C=O) groups excluding carboxylic acids is 1. The summed E-state index contributed by atoms with van der Waals surface area (Å²) < 4.78 is 7.05. The summed E-state index contributed by atoms with van der Waals surface area (Å²) in [6.07, 6.45) is 4.30. The van der Waals surface area contributed by atoms with Gasteiger partial charge < -0.3 is 14.3 Å². The van der Waals surface area contributed by atoms with Crippen molar-refractivity contribution in [1.82, 2.24) is 19.5 Å². The van der Waals surface area contributed by atoms with Gasteiger partial charge in [0.2, 0.25) is 0 Å². The van der Waals surface area contributed by atoms with Gasteiger partial charge in [-0.25, -0.2) is 14.8 Å². The monoisotopic (exact) mass is 403 g/mol. The third kappa shape index (κ3) is 3.93. The zero-order chi connectivity index (χ0) is 21.3. The third-order valence-corrected chi connectivity index (χ3v) is 4.32. The summed E-state index contributed by atoms with van der Waals surface area (Å²) in [6.45, 7) is 5.38. The van der Waals surface area contributed by atoms with E-state index in [1.807, 2.05) is 47.2 Å². The second kappa shape index (κ2) is 7.47. The molecule has 0 aliphatic heterocycles. The van der Waals surface area contributed by atoms with E-state index in [2.05, 4.69) is 20.3 Å². The molecule has 0 spiro atoms. The van der Waals surface area contributed by atoms with Crippen LogP contribution in [0.1, 0.15) is 20.8 Å². The van der Waals surface area contributed by atoms with Gasteiger partial charge in [-0.3, -0.25) is 10.1 Å². The molecule has 1 aromatic carbocycles. The highest BCUT2D eigenvalue weighted by molar-refractivity contribution is 5.93. The minimum Gasteiger partial charge on any atom is -0.444 e. The first kappa shape index (κ1) is 19.4. The molecule has 0 aliphatic rings. The van der Waals surface area contributed by atoms with Gasteiger partial charge in [-0.2, -0.15) is 0 Å². The fraction of sp³-hybridized carbons (Fsp3) is 0.182. The van der Waals surface area contributed by atoms with Crippen molar-refractivity contribution in [2.75, 3.05) is 5.32 Å². The number of nitrogens with one attached hydrogen (secondary N) is 2. The molecule has 0 saturated carbocycles. The van der Waals surface area contributed by atoms with Crippen LogP contribution in [0.15, 0.2) is 66.0 Å². The van der Waals surface area contributed by atoms with Crippen LogP contribution in [-0.2, 0) is 4.74 Å². The van der Waals surface area contributed by atoms with Crippen LogP contribution < -0.4 is 10.9 Å². The van der Waals surface area contributed by atoms with E-state index in [1.165, 1.54) is 6.33 Å². The molecule has 30 heavy (non-hydrogen) atoms. The van der Waals surface area contributed by atoms with Gasteiger partial charge in [0.15, 0.2) is 0 Å². The average molecular weight is 403 g/mol. The molecule has 4 rings (SSSR count). The molecule has 0 atom stereocenters. The van der Waals surface area contributed by atoms with Crippen LogP contribution >= 0.6 is 0 Å². The van der Waals surface area contributed by atoms with Crippen LogP contribution in [-0.4, -0.2) is 31.2 Å². The van der Waals surface area contributed by atoms with E-state index in [1.54, 1.807) is 33.0 Å². The number of H-pyrrole nitrogens is 1. The number of carbonyl (C=O) groups is 1. The number of aromatic amines is 1. The second-order valence-electron chi connectivity index (χ2n) is 7.74. The van der Waals surface area contributed by atoms with Crippen LogP contribution in [0, 0.1) is 0 Å². The summed E-state index contributed by atoms with van der Waals surface area (Å²) in [4.78, 5) is 35.8. The number of rotatable bonds is 3. The predicted molar refractivity (Wildman–Crippen MR) is 115 cm³/mol. The molecule has 0 fully saturated rings. The number of pyridine rings is 1. The molecule has 0 aliphatic carbocycles. The lowest BCUT2D eigenvalue weighted by Gasteiger charge is -2.19. The minimum absolute atomic E-state index is 0.230. The van der Waals surface area contributed by atoms with E-state index in [4.69, 9.17) is 4.74 Å². The summed E-state index contributed by atoms with van der Waals surface area (Å²) in [5.41, 5.74) is 2.57. The summed E-state index contributed by atoms with van der Waals surface area (Å²) in [5, 5.41) is 2.61. The van der Waals surface area contributed by atoms with Crippen molar-refractivity contribution in [3.05, 3.63) is 71.5 Å². The van der Waals surface area contributed by atoms with Crippen LogP contribution in [0.25, 0.3) is 27.8 Å². The normalized spacial score (nSPS) is 11.4. The first-order valence-corrected chi connectivity index (χ1v) is 9.42. The third-order valence-electron chi connectivity index (χ3n) is 4.32. The summed E-state index contributed by atoms with van der Waals surface area (Å²) >= 11 is 0. The van der Waals surface area contributed by atoms with Gasteiger partial charge in [0, 0.05) is 29.2 Å². The topological polar surface area (TPSA) is 102 Å². The second-order valence-corrected chi connectivity index (χ2v) is 7.74. The first-order valence-electron chi connectivity index (χ1n) is 9.42. The fourth-order valence-corrected chi connectivity index (χ4v) is 3.11. The molecule has 1 amide bonds. The van der Waals surface area contributed by atoms with E-state index in [9.17, 15) is 9.59 Å². The highest BCUT2D eigenvalue weighted by Crippen LogP contribution is 2.29. The zero-order valence-corrected chi connectivity index (χ0v) is 16.8. The van der Waals surface area contributed by atoms with Crippen LogP contribution in [0.4, 0.5) is 10.6 Å². The molecule has 152 valence electrons. The standard InChI is InChI=1S/C22H21N5O3/c1-22(2,3)30-21(29)26-17-10-9-14(11-23-17)16-12-27(15-7-5-4-6-8-15)19-18(16)24-13-25-20(19)28/h4-13H,1-3H3,(H,23,26,29)(H,24,25,28). The number of nitrogens with zero attached hydrogens (tertiary/aromatic N) is 3. The largest absolute Gasteiger partial charge is 0.444 e. The van der Waals surface area contributed by atoms with Crippen LogP contribution in [0.3, 0.4) is 0 Å². The Kier molecular flexibility index (Phi) is 4.83.